The lowest BCUT2D eigenvalue weighted by molar-refractivity contribution is 0.247. The third-order valence-electron chi connectivity index (χ3n) is 3.60. The van der Waals surface area contributed by atoms with Gasteiger partial charge in [-0.1, -0.05) is 19.1 Å². The summed E-state index contributed by atoms with van der Waals surface area (Å²) in [4.78, 5) is 0. The average Bonchev–Trinajstić information content (AvgIpc) is 2.28. The summed E-state index contributed by atoms with van der Waals surface area (Å²) < 4.78 is 5.27. The lowest BCUT2D eigenvalue weighted by Crippen LogP contribution is -2.33. The largest absolute Gasteiger partial charge is 0.497 e. The fourth-order valence-corrected chi connectivity index (χ4v) is 2.45. The van der Waals surface area contributed by atoms with Crippen LogP contribution in [0.25, 0.3) is 0 Å². The van der Waals surface area contributed by atoms with E-state index < -0.39 is 0 Å². The van der Waals surface area contributed by atoms with Crippen molar-refractivity contribution in [3.8, 4) is 5.75 Å². The van der Waals surface area contributed by atoms with Crippen LogP contribution < -0.4 is 10.1 Å². The SMILES string of the molecule is CCNCC1CCC1c1cccc(OC)c1. The lowest BCUT2D eigenvalue weighted by atomic mass is 9.70. The Morgan fingerprint density at radius 3 is 2.88 bits per heavy atom. The van der Waals surface area contributed by atoms with Crippen LogP contribution in [0.15, 0.2) is 24.3 Å². The molecule has 1 aromatic rings. The number of hydrogen-bond donors (Lipinski definition) is 1. The zero-order valence-corrected chi connectivity index (χ0v) is 10.2. The molecule has 0 aromatic heterocycles. The minimum Gasteiger partial charge on any atom is -0.497 e. The quantitative estimate of drug-likeness (QED) is 0.822. The summed E-state index contributed by atoms with van der Waals surface area (Å²) in [6.07, 6.45) is 2.68. The Labute approximate surface area is 98.0 Å². The highest BCUT2D eigenvalue weighted by molar-refractivity contribution is 5.32. The van der Waals surface area contributed by atoms with Crippen LogP contribution in [0.1, 0.15) is 31.2 Å². The van der Waals surface area contributed by atoms with Gasteiger partial charge in [0.2, 0.25) is 0 Å². The molecule has 88 valence electrons. The molecular weight excluding hydrogens is 198 g/mol. The molecule has 1 fully saturated rings. The van der Waals surface area contributed by atoms with Gasteiger partial charge in [-0.2, -0.15) is 0 Å². The van der Waals surface area contributed by atoms with Crippen molar-refractivity contribution >= 4 is 0 Å². The van der Waals surface area contributed by atoms with Gasteiger partial charge in [0.25, 0.3) is 0 Å². The lowest BCUT2D eigenvalue weighted by Gasteiger charge is -2.37. The molecule has 0 spiro atoms. The van der Waals surface area contributed by atoms with Crippen molar-refractivity contribution in [3.05, 3.63) is 29.8 Å². The number of benzene rings is 1. The molecule has 0 aliphatic heterocycles. The van der Waals surface area contributed by atoms with E-state index in [1.165, 1.54) is 18.4 Å². The predicted molar refractivity (Wildman–Crippen MR) is 67.0 cm³/mol. The van der Waals surface area contributed by atoms with E-state index in [-0.39, 0.29) is 0 Å². The minimum atomic E-state index is 0.731. The Morgan fingerprint density at radius 2 is 2.25 bits per heavy atom. The maximum atomic E-state index is 5.27. The van der Waals surface area contributed by atoms with E-state index in [1.54, 1.807) is 7.11 Å². The molecule has 0 saturated heterocycles. The number of ether oxygens (including phenoxy) is 1. The van der Waals surface area contributed by atoms with Crippen molar-refractivity contribution in [1.29, 1.82) is 0 Å². The summed E-state index contributed by atoms with van der Waals surface area (Å²) in [5.74, 6) is 2.52. The number of hydrogen-bond acceptors (Lipinski definition) is 2. The number of nitrogens with one attached hydrogen (secondary N) is 1. The molecule has 16 heavy (non-hydrogen) atoms. The molecule has 1 aliphatic rings. The molecule has 0 radical (unpaired) electrons. The zero-order chi connectivity index (χ0) is 11.4. The van der Waals surface area contributed by atoms with Crippen LogP contribution in [0.3, 0.4) is 0 Å². The Hall–Kier alpha value is -1.02. The number of rotatable bonds is 5. The van der Waals surface area contributed by atoms with Gasteiger partial charge in [-0.15, -0.1) is 0 Å². The highest BCUT2D eigenvalue weighted by Crippen LogP contribution is 2.42. The van der Waals surface area contributed by atoms with E-state index in [2.05, 4.69) is 30.4 Å². The molecule has 1 N–H and O–H groups in total. The predicted octanol–water partition coefficient (Wildman–Crippen LogP) is 2.80. The summed E-state index contributed by atoms with van der Waals surface area (Å²) in [6.45, 7) is 4.39. The van der Waals surface area contributed by atoms with Gasteiger partial charge in [-0.3, -0.25) is 0 Å². The molecule has 1 aliphatic carbocycles. The van der Waals surface area contributed by atoms with E-state index in [1.807, 2.05) is 6.07 Å². The second kappa shape index (κ2) is 5.35. The van der Waals surface area contributed by atoms with Gasteiger partial charge in [0, 0.05) is 0 Å². The molecule has 1 aromatic carbocycles. The average molecular weight is 219 g/mol. The van der Waals surface area contributed by atoms with Crippen molar-refractivity contribution in [2.75, 3.05) is 20.2 Å². The first-order valence-corrected chi connectivity index (χ1v) is 6.19. The van der Waals surface area contributed by atoms with E-state index in [4.69, 9.17) is 4.74 Å². The standard InChI is InChI=1S/C14H21NO/c1-3-15-10-12-7-8-14(12)11-5-4-6-13(9-11)16-2/h4-6,9,12,14-15H,3,7-8,10H2,1-2H3. The molecule has 2 unspecified atom stereocenters. The summed E-state index contributed by atoms with van der Waals surface area (Å²) in [6, 6.07) is 8.52. The van der Waals surface area contributed by atoms with Crippen LogP contribution in [-0.2, 0) is 0 Å². The van der Waals surface area contributed by atoms with Crippen LogP contribution in [0.5, 0.6) is 5.75 Å². The van der Waals surface area contributed by atoms with Gasteiger partial charge in [-0.05, 0) is 55.5 Å². The first-order chi connectivity index (χ1) is 7.85. The zero-order valence-electron chi connectivity index (χ0n) is 10.2. The van der Waals surface area contributed by atoms with E-state index >= 15 is 0 Å². The topological polar surface area (TPSA) is 21.3 Å². The van der Waals surface area contributed by atoms with Crippen LogP contribution in [0.4, 0.5) is 0 Å². The van der Waals surface area contributed by atoms with E-state index in [0.29, 0.717) is 0 Å². The summed E-state index contributed by atoms with van der Waals surface area (Å²) in [7, 11) is 1.73. The van der Waals surface area contributed by atoms with E-state index in [9.17, 15) is 0 Å². The maximum absolute atomic E-state index is 5.27. The fourth-order valence-electron chi connectivity index (χ4n) is 2.45. The fraction of sp³-hybridized carbons (Fsp3) is 0.571. The monoisotopic (exact) mass is 219 g/mol. The van der Waals surface area contributed by atoms with E-state index in [0.717, 1.165) is 30.7 Å². The molecule has 0 heterocycles. The van der Waals surface area contributed by atoms with Gasteiger partial charge in [0.1, 0.15) is 5.75 Å². The molecule has 1 saturated carbocycles. The highest BCUT2D eigenvalue weighted by atomic mass is 16.5. The third-order valence-corrected chi connectivity index (χ3v) is 3.60. The van der Waals surface area contributed by atoms with Crippen molar-refractivity contribution < 1.29 is 4.74 Å². The molecule has 0 bridgehead atoms. The molecule has 2 rings (SSSR count). The summed E-state index contributed by atoms with van der Waals surface area (Å²) in [5, 5.41) is 3.45. The first kappa shape index (κ1) is 11.5. The summed E-state index contributed by atoms with van der Waals surface area (Å²) >= 11 is 0. The van der Waals surface area contributed by atoms with Crippen molar-refractivity contribution in [1.82, 2.24) is 5.32 Å². The Kier molecular flexibility index (Phi) is 3.83. The van der Waals surface area contributed by atoms with Crippen molar-refractivity contribution in [2.24, 2.45) is 5.92 Å². The third kappa shape index (κ3) is 2.38. The highest BCUT2D eigenvalue weighted by Gasteiger charge is 2.31. The smallest absolute Gasteiger partial charge is 0.119 e. The second-order valence-electron chi connectivity index (χ2n) is 4.53. The van der Waals surface area contributed by atoms with Crippen LogP contribution in [0.2, 0.25) is 0 Å². The summed E-state index contributed by atoms with van der Waals surface area (Å²) in [5.41, 5.74) is 1.44. The van der Waals surface area contributed by atoms with Crippen molar-refractivity contribution in [3.63, 3.8) is 0 Å². The van der Waals surface area contributed by atoms with Gasteiger partial charge < -0.3 is 10.1 Å². The maximum Gasteiger partial charge on any atom is 0.119 e. The number of methoxy groups -OCH3 is 1. The van der Waals surface area contributed by atoms with Gasteiger partial charge in [0.05, 0.1) is 7.11 Å². The Morgan fingerprint density at radius 1 is 1.38 bits per heavy atom. The molecule has 2 heteroatoms. The van der Waals surface area contributed by atoms with Crippen LogP contribution in [0, 0.1) is 5.92 Å². The van der Waals surface area contributed by atoms with Crippen LogP contribution in [-0.4, -0.2) is 20.2 Å². The molecular formula is C14H21NO. The van der Waals surface area contributed by atoms with Crippen LogP contribution >= 0.6 is 0 Å². The van der Waals surface area contributed by atoms with Gasteiger partial charge in [0.15, 0.2) is 0 Å². The molecule has 2 atom stereocenters. The molecule has 0 amide bonds. The van der Waals surface area contributed by atoms with Crippen molar-refractivity contribution in [2.45, 2.75) is 25.7 Å². The Balaban J connectivity index is 2.00. The second-order valence-corrected chi connectivity index (χ2v) is 4.53. The van der Waals surface area contributed by atoms with Gasteiger partial charge in [-0.25, -0.2) is 0 Å². The van der Waals surface area contributed by atoms with Gasteiger partial charge >= 0.3 is 0 Å². The Bertz CT molecular complexity index is 337. The first-order valence-electron chi connectivity index (χ1n) is 6.19. The molecule has 2 nitrogen and oxygen atoms in total. The normalized spacial score (nSPS) is 23.9. The minimum absolute atomic E-state index is 0.731.